The maximum Gasteiger partial charge on any atom is 0.185 e. The number of benzene rings is 2. The van der Waals surface area contributed by atoms with Gasteiger partial charge in [-0.25, -0.2) is 0 Å². The fourth-order valence-electron chi connectivity index (χ4n) is 2.46. The van der Waals surface area contributed by atoms with Gasteiger partial charge in [-0.1, -0.05) is 30.0 Å². The number of hydrogen-bond acceptors (Lipinski definition) is 7. The average molecular weight is 395 g/mol. The summed E-state index contributed by atoms with van der Waals surface area (Å²) in [5, 5.41) is 14.5. The minimum Gasteiger partial charge on any atom is -0.546 e. The monoisotopic (exact) mass is 395 g/mol. The van der Waals surface area contributed by atoms with Crippen LogP contribution in [0.1, 0.15) is 22.3 Å². The number of carbonyl (C=O) groups excluding carboxylic acids is 2. The summed E-state index contributed by atoms with van der Waals surface area (Å²) in [7, 11) is 0. The topological polar surface area (TPSA) is 90.8 Å². The predicted octanol–water partition coefficient (Wildman–Crippen LogP) is 2.62. The molecule has 6 nitrogen and oxygen atoms in total. The van der Waals surface area contributed by atoms with Crippen LogP contribution in [0.2, 0.25) is 0 Å². The van der Waals surface area contributed by atoms with Gasteiger partial charge in [0.2, 0.25) is 0 Å². The van der Waals surface area contributed by atoms with E-state index in [0.29, 0.717) is 11.3 Å². The number of carbonyl (C=O) groups is 2. The molecule has 0 saturated heterocycles. The lowest BCUT2D eigenvalue weighted by atomic mass is 10.1. The number of aliphatic carboxylic acids is 1. The van der Waals surface area contributed by atoms with Crippen LogP contribution in [0.4, 0.5) is 5.69 Å². The SMILES string of the molecule is O=C([O-])COc1ccc(/C=C/C(=O)c2ccc(NC3=NCCCS3)cc2)cc1. The Morgan fingerprint density at radius 3 is 2.54 bits per heavy atom. The average Bonchev–Trinajstić information content (AvgIpc) is 2.72. The predicted molar refractivity (Wildman–Crippen MR) is 110 cm³/mol. The summed E-state index contributed by atoms with van der Waals surface area (Å²) in [6, 6.07) is 14.0. The lowest BCUT2D eigenvalue weighted by molar-refractivity contribution is -0.307. The molecular weight excluding hydrogens is 376 g/mol. The summed E-state index contributed by atoms with van der Waals surface area (Å²) in [5.74, 6) is 0.114. The molecular formula is C21H19N2O4S-. The van der Waals surface area contributed by atoms with Crippen LogP contribution in [0.3, 0.4) is 0 Å². The summed E-state index contributed by atoms with van der Waals surface area (Å²) in [4.78, 5) is 27.1. The Labute approximate surface area is 167 Å². The van der Waals surface area contributed by atoms with Gasteiger partial charge in [0.1, 0.15) is 12.4 Å². The molecule has 0 amide bonds. The molecule has 0 saturated carbocycles. The number of ketones is 1. The maximum absolute atomic E-state index is 12.3. The molecule has 1 aliphatic rings. The van der Waals surface area contributed by atoms with Crippen molar-refractivity contribution in [1.82, 2.24) is 0 Å². The number of anilines is 1. The summed E-state index contributed by atoms with van der Waals surface area (Å²) in [6.07, 6.45) is 4.30. The van der Waals surface area contributed by atoms with E-state index in [2.05, 4.69) is 10.3 Å². The maximum atomic E-state index is 12.3. The Balaban J connectivity index is 1.56. The van der Waals surface area contributed by atoms with Crippen molar-refractivity contribution in [2.45, 2.75) is 6.42 Å². The fraction of sp³-hybridized carbons (Fsp3) is 0.190. The molecule has 1 N–H and O–H groups in total. The summed E-state index contributed by atoms with van der Waals surface area (Å²) >= 11 is 1.70. The number of thioether (sulfide) groups is 1. The summed E-state index contributed by atoms with van der Waals surface area (Å²) in [5.41, 5.74) is 2.30. The van der Waals surface area contributed by atoms with Crippen LogP contribution in [0.15, 0.2) is 59.6 Å². The number of hydrogen-bond donors (Lipinski definition) is 1. The van der Waals surface area contributed by atoms with E-state index < -0.39 is 12.6 Å². The van der Waals surface area contributed by atoms with Gasteiger partial charge in [0.25, 0.3) is 0 Å². The highest BCUT2D eigenvalue weighted by Gasteiger charge is 2.07. The van der Waals surface area contributed by atoms with Crippen molar-refractivity contribution in [2.75, 3.05) is 24.2 Å². The molecule has 0 fully saturated rings. The molecule has 3 rings (SSSR count). The third-order valence-corrected chi connectivity index (χ3v) is 4.88. The fourth-order valence-corrected chi connectivity index (χ4v) is 3.30. The zero-order valence-electron chi connectivity index (χ0n) is 15.1. The highest BCUT2D eigenvalue weighted by atomic mass is 32.2. The first kappa shape index (κ1) is 19.7. The van der Waals surface area contributed by atoms with Crippen molar-refractivity contribution in [1.29, 1.82) is 0 Å². The number of amidine groups is 1. The number of nitrogens with one attached hydrogen (secondary N) is 1. The quantitative estimate of drug-likeness (QED) is 0.572. The van der Waals surface area contributed by atoms with Crippen LogP contribution in [0.5, 0.6) is 5.75 Å². The smallest absolute Gasteiger partial charge is 0.185 e. The molecule has 0 radical (unpaired) electrons. The summed E-state index contributed by atoms with van der Waals surface area (Å²) in [6.45, 7) is 0.352. The molecule has 0 aromatic heterocycles. The molecule has 1 aliphatic heterocycles. The molecule has 2 aromatic carbocycles. The second-order valence-electron chi connectivity index (χ2n) is 6.02. The van der Waals surface area contributed by atoms with E-state index in [-0.39, 0.29) is 5.78 Å². The molecule has 2 aromatic rings. The molecule has 0 atom stereocenters. The van der Waals surface area contributed by atoms with E-state index in [1.54, 1.807) is 54.2 Å². The number of aliphatic imine (C=N–C) groups is 1. The van der Waals surface area contributed by atoms with Crippen molar-refractivity contribution in [3.05, 3.63) is 65.7 Å². The van der Waals surface area contributed by atoms with Gasteiger partial charge in [0, 0.05) is 23.5 Å². The largest absolute Gasteiger partial charge is 0.546 e. The van der Waals surface area contributed by atoms with Gasteiger partial charge in [0.15, 0.2) is 11.0 Å². The van der Waals surface area contributed by atoms with Crippen LogP contribution in [0, 0.1) is 0 Å². The molecule has 144 valence electrons. The van der Waals surface area contributed by atoms with Crippen molar-refractivity contribution < 1.29 is 19.4 Å². The van der Waals surface area contributed by atoms with Crippen molar-refractivity contribution in [3.63, 3.8) is 0 Å². The van der Waals surface area contributed by atoms with Crippen LogP contribution in [0.25, 0.3) is 6.08 Å². The number of nitrogens with zero attached hydrogens (tertiary/aromatic N) is 1. The molecule has 0 unspecified atom stereocenters. The van der Waals surface area contributed by atoms with Gasteiger partial charge >= 0.3 is 0 Å². The van der Waals surface area contributed by atoms with Gasteiger partial charge in [-0.15, -0.1) is 0 Å². The normalized spacial score (nSPS) is 13.8. The van der Waals surface area contributed by atoms with Crippen molar-refractivity contribution in [2.24, 2.45) is 4.99 Å². The Bertz CT molecular complexity index is 890. The van der Waals surface area contributed by atoms with Gasteiger partial charge < -0.3 is 20.0 Å². The molecule has 0 aliphatic carbocycles. The van der Waals surface area contributed by atoms with E-state index in [4.69, 9.17) is 4.74 Å². The number of allylic oxidation sites excluding steroid dienone is 1. The third-order valence-electron chi connectivity index (χ3n) is 3.88. The molecule has 0 bridgehead atoms. The van der Waals surface area contributed by atoms with Crippen molar-refractivity contribution in [3.8, 4) is 5.75 Å². The van der Waals surface area contributed by atoms with E-state index in [1.165, 1.54) is 6.08 Å². The minimum absolute atomic E-state index is 0.104. The number of rotatable bonds is 7. The molecule has 28 heavy (non-hydrogen) atoms. The Kier molecular flexibility index (Phi) is 6.86. The lowest BCUT2D eigenvalue weighted by Gasteiger charge is -2.13. The van der Waals surface area contributed by atoms with Crippen LogP contribution in [-0.4, -0.2) is 35.8 Å². The molecule has 1 heterocycles. The Hall–Kier alpha value is -3.06. The zero-order valence-corrected chi connectivity index (χ0v) is 15.9. The number of carboxylic acids is 1. The van der Waals surface area contributed by atoms with Gasteiger partial charge in [-0.3, -0.25) is 9.79 Å². The Morgan fingerprint density at radius 1 is 1.14 bits per heavy atom. The van der Waals surface area contributed by atoms with E-state index in [0.717, 1.165) is 35.1 Å². The van der Waals surface area contributed by atoms with Crippen molar-refractivity contribution >= 4 is 40.4 Å². The van der Waals surface area contributed by atoms with Crippen LogP contribution in [-0.2, 0) is 4.79 Å². The second-order valence-corrected chi connectivity index (χ2v) is 7.10. The highest BCUT2D eigenvalue weighted by molar-refractivity contribution is 8.14. The third kappa shape index (κ3) is 5.99. The minimum atomic E-state index is -1.28. The lowest BCUT2D eigenvalue weighted by Crippen LogP contribution is -2.28. The second kappa shape index (κ2) is 9.75. The molecule has 7 heteroatoms. The standard InChI is InChI=1S/C21H20N2O4S/c24-19(11-4-15-2-9-18(10-3-15)27-14-20(25)26)16-5-7-17(8-6-16)23-21-22-12-1-13-28-21/h2-11H,1,12-14H2,(H,22,23)(H,25,26)/p-1/b11-4+. The van der Waals surface area contributed by atoms with Crippen LogP contribution >= 0.6 is 11.8 Å². The zero-order chi connectivity index (χ0) is 19.8. The number of carboxylic acid groups (broad SMARTS) is 1. The number of ether oxygens (including phenoxy) is 1. The summed E-state index contributed by atoms with van der Waals surface area (Å²) < 4.78 is 5.01. The first-order valence-electron chi connectivity index (χ1n) is 8.79. The first-order chi connectivity index (χ1) is 13.6. The van der Waals surface area contributed by atoms with E-state index in [1.807, 2.05) is 12.1 Å². The van der Waals surface area contributed by atoms with E-state index >= 15 is 0 Å². The first-order valence-corrected chi connectivity index (χ1v) is 9.78. The Morgan fingerprint density at radius 2 is 1.89 bits per heavy atom. The highest BCUT2D eigenvalue weighted by Crippen LogP contribution is 2.18. The van der Waals surface area contributed by atoms with Crippen LogP contribution < -0.4 is 15.2 Å². The van der Waals surface area contributed by atoms with Gasteiger partial charge in [0.05, 0.1) is 5.97 Å². The van der Waals surface area contributed by atoms with E-state index in [9.17, 15) is 14.7 Å². The van der Waals surface area contributed by atoms with Gasteiger partial charge in [-0.2, -0.15) is 0 Å². The molecule has 0 spiro atoms. The van der Waals surface area contributed by atoms with Gasteiger partial charge in [-0.05, 0) is 54.5 Å².